The molecule has 0 spiro atoms. The number of carbonyl (C=O) groups excluding carboxylic acids is 1. The van der Waals surface area contributed by atoms with Crippen molar-refractivity contribution < 1.29 is 13.9 Å². The molecule has 1 N–H and O–H groups in total. The maximum absolute atomic E-state index is 12.4. The Kier molecular flexibility index (Phi) is 6.90. The van der Waals surface area contributed by atoms with Crippen molar-refractivity contribution in [3.63, 3.8) is 0 Å². The minimum Gasteiger partial charge on any atom is -0.494 e. The van der Waals surface area contributed by atoms with Crippen LogP contribution in [0.5, 0.6) is 5.75 Å². The van der Waals surface area contributed by atoms with Gasteiger partial charge in [0.1, 0.15) is 5.75 Å². The Balaban J connectivity index is 1.61. The van der Waals surface area contributed by atoms with Crippen LogP contribution < -0.4 is 10.1 Å². The fraction of sp³-hybridized carbons (Fsp3) is 0.250. The Morgan fingerprint density at radius 2 is 1.79 bits per heavy atom. The number of rotatable bonds is 8. The van der Waals surface area contributed by atoms with Crippen LogP contribution >= 0.6 is 23.2 Å². The van der Waals surface area contributed by atoms with E-state index >= 15 is 0 Å². The Hall–Kier alpha value is -2.57. The number of benzene rings is 2. The highest BCUT2D eigenvalue weighted by Gasteiger charge is 2.14. The quantitative estimate of drug-likeness (QED) is 0.462. The molecule has 28 heavy (non-hydrogen) atoms. The van der Waals surface area contributed by atoms with Crippen molar-refractivity contribution in [2.24, 2.45) is 0 Å². The lowest BCUT2D eigenvalue weighted by molar-refractivity contribution is 0.102. The van der Waals surface area contributed by atoms with Crippen LogP contribution in [0.1, 0.15) is 36.5 Å². The molecule has 3 aromatic rings. The molecule has 8 heteroatoms. The summed E-state index contributed by atoms with van der Waals surface area (Å²) in [4.78, 5) is 12.4. The van der Waals surface area contributed by atoms with E-state index in [1.807, 2.05) is 0 Å². The summed E-state index contributed by atoms with van der Waals surface area (Å²) < 4.78 is 11.1. The number of halogens is 2. The summed E-state index contributed by atoms with van der Waals surface area (Å²) in [6.07, 6.45) is 3.29. The van der Waals surface area contributed by atoms with Gasteiger partial charge in [0.15, 0.2) is 0 Å². The highest BCUT2D eigenvalue weighted by Crippen LogP contribution is 2.27. The van der Waals surface area contributed by atoms with Crippen molar-refractivity contribution in [1.82, 2.24) is 10.2 Å². The predicted molar refractivity (Wildman–Crippen MR) is 109 cm³/mol. The molecule has 0 aliphatic heterocycles. The van der Waals surface area contributed by atoms with E-state index in [2.05, 4.69) is 22.4 Å². The number of hydrogen-bond acceptors (Lipinski definition) is 5. The van der Waals surface area contributed by atoms with E-state index in [1.165, 1.54) is 0 Å². The zero-order valence-corrected chi connectivity index (χ0v) is 16.8. The van der Waals surface area contributed by atoms with Gasteiger partial charge in [0.25, 0.3) is 5.91 Å². The second-order valence-corrected chi connectivity index (χ2v) is 6.98. The van der Waals surface area contributed by atoms with Crippen molar-refractivity contribution in [3.8, 4) is 17.2 Å². The lowest BCUT2D eigenvalue weighted by atomic mass is 10.2. The van der Waals surface area contributed by atoms with Crippen molar-refractivity contribution in [2.45, 2.75) is 26.2 Å². The number of aromatic nitrogens is 2. The smallest absolute Gasteiger partial charge is 0.322 e. The molecule has 0 fully saturated rings. The lowest BCUT2D eigenvalue weighted by Gasteiger charge is -2.06. The Labute approximate surface area is 172 Å². The SMILES string of the molecule is CCCCCOc1ccc(C(=O)Nc2nnc(-c3cc(Cl)cc(Cl)c3)o2)cc1. The summed E-state index contributed by atoms with van der Waals surface area (Å²) in [5.74, 6) is 0.568. The molecule has 0 aliphatic carbocycles. The van der Waals surface area contributed by atoms with Crippen LogP contribution in [0.15, 0.2) is 46.9 Å². The summed E-state index contributed by atoms with van der Waals surface area (Å²) >= 11 is 12.0. The van der Waals surface area contributed by atoms with E-state index in [9.17, 15) is 4.79 Å². The summed E-state index contributed by atoms with van der Waals surface area (Å²) in [7, 11) is 0. The molecule has 6 nitrogen and oxygen atoms in total. The fourth-order valence-corrected chi connectivity index (χ4v) is 3.01. The average molecular weight is 420 g/mol. The molecule has 1 heterocycles. The first-order chi connectivity index (χ1) is 13.5. The Morgan fingerprint density at radius 1 is 1.07 bits per heavy atom. The van der Waals surface area contributed by atoms with E-state index in [-0.39, 0.29) is 17.8 Å². The molecule has 3 rings (SSSR count). The highest BCUT2D eigenvalue weighted by molar-refractivity contribution is 6.35. The van der Waals surface area contributed by atoms with Crippen molar-refractivity contribution in [3.05, 3.63) is 58.1 Å². The topological polar surface area (TPSA) is 77.2 Å². The molecular weight excluding hydrogens is 401 g/mol. The number of hydrogen-bond donors (Lipinski definition) is 1. The number of carbonyl (C=O) groups is 1. The fourth-order valence-electron chi connectivity index (χ4n) is 2.48. The number of ether oxygens (including phenoxy) is 1. The predicted octanol–water partition coefficient (Wildman–Crippen LogP) is 5.86. The van der Waals surface area contributed by atoms with Crippen LogP contribution in [-0.4, -0.2) is 22.7 Å². The van der Waals surface area contributed by atoms with Gasteiger partial charge in [-0.05, 0) is 48.9 Å². The van der Waals surface area contributed by atoms with E-state index in [0.29, 0.717) is 27.8 Å². The molecule has 0 aliphatic rings. The van der Waals surface area contributed by atoms with Gasteiger partial charge in [-0.1, -0.05) is 48.1 Å². The maximum atomic E-state index is 12.4. The van der Waals surface area contributed by atoms with Gasteiger partial charge in [-0.25, -0.2) is 0 Å². The summed E-state index contributed by atoms with van der Waals surface area (Å²) in [6, 6.07) is 11.7. The number of amides is 1. The van der Waals surface area contributed by atoms with Crippen LogP contribution in [0.3, 0.4) is 0 Å². The molecule has 146 valence electrons. The number of anilines is 1. The number of nitrogens with zero attached hydrogens (tertiary/aromatic N) is 2. The lowest BCUT2D eigenvalue weighted by Crippen LogP contribution is -2.12. The van der Waals surface area contributed by atoms with Gasteiger partial charge in [0.05, 0.1) is 6.61 Å². The monoisotopic (exact) mass is 419 g/mol. The van der Waals surface area contributed by atoms with Crippen molar-refractivity contribution >= 4 is 35.1 Å². The second-order valence-electron chi connectivity index (χ2n) is 6.10. The van der Waals surface area contributed by atoms with Crippen LogP contribution in [0, 0.1) is 0 Å². The van der Waals surface area contributed by atoms with Crippen molar-refractivity contribution in [2.75, 3.05) is 11.9 Å². The summed E-state index contributed by atoms with van der Waals surface area (Å²) in [5.41, 5.74) is 1.02. The summed E-state index contributed by atoms with van der Waals surface area (Å²) in [5, 5.41) is 11.2. The minimum atomic E-state index is -0.364. The van der Waals surface area contributed by atoms with Gasteiger partial charge in [0, 0.05) is 21.2 Å². The second kappa shape index (κ2) is 9.57. The van der Waals surface area contributed by atoms with E-state index in [4.69, 9.17) is 32.4 Å². The first-order valence-corrected chi connectivity index (χ1v) is 9.65. The third-order valence-electron chi connectivity index (χ3n) is 3.89. The van der Waals surface area contributed by atoms with Gasteiger partial charge in [-0.2, -0.15) is 0 Å². The molecule has 0 saturated carbocycles. The first-order valence-electron chi connectivity index (χ1n) is 8.89. The molecule has 0 radical (unpaired) electrons. The van der Waals surface area contributed by atoms with E-state index in [1.54, 1.807) is 42.5 Å². The first kappa shape index (κ1) is 20.2. The van der Waals surface area contributed by atoms with Gasteiger partial charge in [0.2, 0.25) is 5.89 Å². The zero-order valence-electron chi connectivity index (χ0n) is 15.2. The third kappa shape index (κ3) is 5.47. The molecule has 0 atom stereocenters. The van der Waals surface area contributed by atoms with E-state index < -0.39 is 0 Å². The molecule has 1 amide bonds. The molecular formula is C20H19Cl2N3O3. The molecule has 1 aromatic heterocycles. The zero-order chi connectivity index (χ0) is 19.9. The Bertz CT molecular complexity index is 922. The van der Waals surface area contributed by atoms with Gasteiger partial charge in [-0.3, -0.25) is 10.1 Å². The standard InChI is InChI=1S/C20H19Cl2N3O3/c1-2-3-4-9-27-17-7-5-13(6-8-17)18(26)23-20-25-24-19(28-20)14-10-15(21)12-16(22)11-14/h5-8,10-12H,2-4,9H2,1H3,(H,23,25,26). The molecule has 0 unspecified atom stereocenters. The third-order valence-corrected chi connectivity index (χ3v) is 4.32. The van der Waals surface area contributed by atoms with Gasteiger partial charge < -0.3 is 9.15 Å². The number of unbranched alkanes of at least 4 members (excludes halogenated alkanes) is 2. The van der Waals surface area contributed by atoms with Gasteiger partial charge >= 0.3 is 6.01 Å². The van der Waals surface area contributed by atoms with Gasteiger partial charge in [-0.15, -0.1) is 5.10 Å². The summed E-state index contributed by atoms with van der Waals surface area (Å²) in [6.45, 7) is 2.81. The normalized spacial score (nSPS) is 10.7. The minimum absolute atomic E-state index is 0.0176. The largest absolute Gasteiger partial charge is 0.494 e. The van der Waals surface area contributed by atoms with Crippen LogP contribution in [0.25, 0.3) is 11.5 Å². The van der Waals surface area contributed by atoms with Crippen LogP contribution in [-0.2, 0) is 0 Å². The average Bonchev–Trinajstić information content (AvgIpc) is 3.13. The molecule has 2 aromatic carbocycles. The highest BCUT2D eigenvalue weighted by atomic mass is 35.5. The van der Waals surface area contributed by atoms with Crippen LogP contribution in [0.4, 0.5) is 6.01 Å². The molecule has 0 bridgehead atoms. The van der Waals surface area contributed by atoms with Crippen LogP contribution in [0.2, 0.25) is 10.0 Å². The van der Waals surface area contributed by atoms with Crippen molar-refractivity contribution in [1.29, 1.82) is 0 Å². The van der Waals surface area contributed by atoms with E-state index in [0.717, 1.165) is 25.0 Å². The number of nitrogens with one attached hydrogen (secondary N) is 1. The molecule has 0 saturated heterocycles. The maximum Gasteiger partial charge on any atom is 0.322 e. The Morgan fingerprint density at radius 3 is 2.46 bits per heavy atom.